The number of halogens is 1. The van der Waals surface area contributed by atoms with E-state index in [0.29, 0.717) is 16.9 Å². The molecule has 0 heterocycles. The minimum Gasteiger partial charge on any atom is -0.496 e. The normalized spacial score (nSPS) is 10.0. The number of hydrogen-bond donors (Lipinski definition) is 1. The van der Waals surface area contributed by atoms with E-state index in [4.69, 9.17) is 9.47 Å². The minimum atomic E-state index is -0.457. The van der Waals surface area contributed by atoms with E-state index < -0.39 is 5.82 Å². The zero-order valence-electron chi connectivity index (χ0n) is 11.9. The van der Waals surface area contributed by atoms with Gasteiger partial charge in [0.15, 0.2) is 11.6 Å². The third-order valence-corrected chi connectivity index (χ3v) is 3.02. The van der Waals surface area contributed by atoms with Gasteiger partial charge in [-0.05, 0) is 29.8 Å². The van der Waals surface area contributed by atoms with Gasteiger partial charge in [0.05, 0.1) is 19.8 Å². The SMILES string of the molecule is COc1ccc(CNC(=O)c2ccccc2OC)cc1F. The van der Waals surface area contributed by atoms with Crippen LogP contribution in [0, 0.1) is 5.82 Å². The molecule has 110 valence electrons. The van der Waals surface area contributed by atoms with Crippen LogP contribution in [-0.2, 0) is 6.54 Å². The summed E-state index contributed by atoms with van der Waals surface area (Å²) in [5, 5.41) is 2.73. The maximum Gasteiger partial charge on any atom is 0.255 e. The molecule has 2 rings (SSSR count). The molecule has 0 fully saturated rings. The molecule has 2 aromatic rings. The van der Waals surface area contributed by atoms with Gasteiger partial charge in [-0.2, -0.15) is 0 Å². The maximum atomic E-state index is 13.6. The van der Waals surface area contributed by atoms with Gasteiger partial charge in [-0.25, -0.2) is 4.39 Å². The summed E-state index contributed by atoms with van der Waals surface area (Å²) in [6.45, 7) is 0.220. The lowest BCUT2D eigenvalue weighted by molar-refractivity contribution is 0.0948. The Balaban J connectivity index is 2.06. The topological polar surface area (TPSA) is 47.6 Å². The molecule has 2 aromatic carbocycles. The van der Waals surface area contributed by atoms with Gasteiger partial charge in [0.1, 0.15) is 5.75 Å². The van der Waals surface area contributed by atoms with E-state index in [9.17, 15) is 9.18 Å². The first-order valence-electron chi connectivity index (χ1n) is 6.39. The Bertz CT molecular complexity index is 643. The van der Waals surface area contributed by atoms with E-state index in [-0.39, 0.29) is 18.2 Å². The quantitative estimate of drug-likeness (QED) is 0.920. The highest BCUT2D eigenvalue weighted by atomic mass is 19.1. The number of nitrogens with one attached hydrogen (secondary N) is 1. The monoisotopic (exact) mass is 289 g/mol. The van der Waals surface area contributed by atoms with Crippen LogP contribution in [0.4, 0.5) is 4.39 Å². The molecule has 0 spiro atoms. The summed E-state index contributed by atoms with van der Waals surface area (Å²) < 4.78 is 23.5. The standard InChI is InChI=1S/C16H16FNO3/c1-20-14-6-4-3-5-12(14)16(19)18-10-11-7-8-15(21-2)13(17)9-11/h3-9H,10H2,1-2H3,(H,18,19). The molecule has 0 radical (unpaired) electrons. The van der Waals surface area contributed by atoms with Crippen LogP contribution in [-0.4, -0.2) is 20.1 Å². The summed E-state index contributed by atoms with van der Waals surface area (Å²) in [4.78, 5) is 12.1. The average molecular weight is 289 g/mol. The number of rotatable bonds is 5. The van der Waals surface area contributed by atoms with Crippen molar-refractivity contribution in [3.63, 3.8) is 0 Å². The van der Waals surface area contributed by atoms with Gasteiger partial charge in [0.2, 0.25) is 0 Å². The average Bonchev–Trinajstić information content (AvgIpc) is 2.52. The fraction of sp³-hybridized carbons (Fsp3) is 0.188. The van der Waals surface area contributed by atoms with Crippen LogP contribution >= 0.6 is 0 Å². The van der Waals surface area contributed by atoms with Gasteiger partial charge in [-0.3, -0.25) is 4.79 Å². The van der Waals surface area contributed by atoms with Crippen molar-refractivity contribution in [3.8, 4) is 11.5 Å². The number of ether oxygens (including phenoxy) is 2. The van der Waals surface area contributed by atoms with E-state index in [1.807, 2.05) is 0 Å². The van der Waals surface area contributed by atoms with Gasteiger partial charge in [0.25, 0.3) is 5.91 Å². The van der Waals surface area contributed by atoms with Gasteiger partial charge in [-0.15, -0.1) is 0 Å². The van der Waals surface area contributed by atoms with Crippen molar-refractivity contribution in [1.29, 1.82) is 0 Å². The first-order valence-corrected chi connectivity index (χ1v) is 6.39. The summed E-state index contributed by atoms with van der Waals surface area (Å²) in [6, 6.07) is 11.5. The Morgan fingerprint density at radius 2 is 1.81 bits per heavy atom. The number of benzene rings is 2. The summed E-state index contributed by atoms with van der Waals surface area (Å²) in [6.07, 6.45) is 0. The lowest BCUT2D eigenvalue weighted by Gasteiger charge is -2.10. The molecule has 5 heteroatoms. The van der Waals surface area contributed by atoms with Gasteiger partial charge < -0.3 is 14.8 Å². The van der Waals surface area contributed by atoms with Crippen LogP contribution in [0.15, 0.2) is 42.5 Å². The first kappa shape index (κ1) is 14.8. The molecule has 0 bridgehead atoms. The minimum absolute atomic E-state index is 0.176. The molecule has 21 heavy (non-hydrogen) atoms. The highest BCUT2D eigenvalue weighted by Crippen LogP contribution is 2.19. The van der Waals surface area contributed by atoms with Crippen molar-refractivity contribution < 1.29 is 18.7 Å². The maximum absolute atomic E-state index is 13.6. The molecule has 1 amide bonds. The predicted octanol–water partition coefficient (Wildman–Crippen LogP) is 2.77. The van der Waals surface area contributed by atoms with E-state index in [2.05, 4.69) is 5.32 Å². The zero-order chi connectivity index (χ0) is 15.2. The Hall–Kier alpha value is -2.56. The van der Waals surface area contributed by atoms with Crippen molar-refractivity contribution in [2.75, 3.05) is 14.2 Å². The zero-order valence-corrected chi connectivity index (χ0v) is 11.9. The second kappa shape index (κ2) is 6.74. The molecule has 1 N–H and O–H groups in total. The lowest BCUT2D eigenvalue weighted by atomic mass is 10.1. The third kappa shape index (κ3) is 3.51. The number of methoxy groups -OCH3 is 2. The van der Waals surface area contributed by atoms with Crippen molar-refractivity contribution in [2.24, 2.45) is 0 Å². The van der Waals surface area contributed by atoms with Crippen molar-refractivity contribution >= 4 is 5.91 Å². The van der Waals surface area contributed by atoms with E-state index in [0.717, 1.165) is 0 Å². The van der Waals surface area contributed by atoms with E-state index in [1.54, 1.807) is 30.3 Å². The van der Waals surface area contributed by atoms with E-state index in [1.165, 1.54) is 26.4 Å². The molecule has 4 nitrogen and oxygen atoms in total. The largest absolute Gasteiger partial charge is 0.496 e. The summed E-state index contributed by atoms with van der Waals surface area (Å²) in [5.74, 6) is -0.0593. The van der Waals surface area contributed by atoms with Gasteiger partial charge in [-0.1, -0.05) is 18.2 Å². The summed E-state index contributed by atoms with van der Waals surface area (Å²) in [7, 11) is 2.91. The highest BCUT2D eigenvalue weighted by Gasteiger charge is 2.11. The fourth-order valence-electron chi connectivity index (χ4n) is 1.93. The fourth-order valence-corrected chi connectivity index (χ4v) is 1.93. The number of para-hydroxylation sites is 1. The van der Waals surface area contributed by atoms with Gasteiger partial charge >= 0.3 is 0 Å². The van der Waals surface area contributed by atoms with Crippen molar-refractivity contribution in [3.05, 3.63) is 59.4 Å². The Morgan fingerprint density at radius 3 is 2.48 bits per heavy atom. The van der Waals surface area contributed by atoms with Crippen molar-refractivity contribution in [1.82, 2.24) is 5.32 Å². The van der Waals surface area contributed by atoms with Crippen molar-refractivity contribution in [2.45, 2.75) is 6.54 Å². The second-order valence-corrected chi connectivity index (χ2v) is 4.35. The second-order valence-electron chi connectivity index (χ2n) is 4.35. The molecule has 0 aromatic heterocycles. The Morgan fingerprint density at radius 1 is 1.10 bits per heavy atom. The molecular weight excluding hydrogens is 273 g/mol. The molecule has 0 aliphatic rings. The highest BCUT2D eigenvalue weighted by molar-refractivity contribution is 5.96. The lowest BCUT2D eigenvalue weighted by Crippen LogP contribution is -2.23. The first-order chi connectivity index (χ1) is 10.2. The predicted molar refractivity (Wildman–Crippen MR) is 77.1 cm³/mol. The van der Waals surface area contributed by atoms with Crippen LogP contribution in [0.5, 0.6) is 11.5 Å². The summed E-state index contributed by atoms with van der Waals surface area (Å²) in [5.41, 5.74) is 1.09. The van der Waals surface area contributed by atoms with Crippen LogP contribution in [0.25, 0.3) is 0 Å². The number of carbonyl (C=O) groups is 1. The molecule has 0 aliphatic heterocycles. The molecule has 0 unspecified atom stereocenters. The van der Waals surface area contributed by atoms with Crippen LogP contribution in [0.1, 0.15) is 15.9 Å². The number of carbonyl (C=O) groups excluding carboxylic acids is 1. The van der Waals surface area contributed by atoms with E-state index >= 15 is 0 Å². The molecular formula is C16H16FNO3. The smallest absolute Gasteiger partial charge is 0.255 e. The molecule has 0 atom stereocenters. The molecule has 0 aliphatic carbocycles. The van der Waals surface area contributed by atoms with Crippen LogP contribution in [0.2, 0.25) is 0 Å². The summed E-state index contributed by atoms with van der Waals surface area (Å²) >= 11 is 0. The van der Waals surface area contributed by atoms with Crippen LogP contribution in [0.3, 0.4) is 0 Å². The Kier molecular flexibility index (Phi) is 4.77. The van der Waals surface area contributed by atoms with Gasteiger partial charge in [0, 0.05) is 6.54 Å². The number of hydrogen-bond acceptors (Lipinski definition) is 3. The molecule has 0 saturated heterocycles. The third-order valence-electron chi connectivity index (χ3n) is 3.02. The van der Waals surface area contributed by atoms with Crippen LogP contribution < -0.4 is 14.8 Å². The molecule has 0 saturated carbocycles. The number of amides is 1. The Labute approximate surface area is 122 Å².